The molecule has 1 aliphatic rings. The van der Waals surface area contributed by atoms with Gasteiger partial charge in [-0.1, -0.05) is 6.07 Å². The Kier molecular flexibility index (Phi) is 5.10. The molecule has 0 aromatic carbocycles. The third-order valence-electron chi connectivity index (χ3n) is 3.73. The van der Waals surface area contributed by atoms with Crippen LogP contribution in [0.4, 0.5) is 0 Å². The Hall–Kier alpha value is -1.29. The number of thiazole rings is 1. The van der Waals surface area contributed by atoms with Gasteiger partial charge in [-0.05, 0) is 30.7 Å². The molecule has 1 unspecified atom stereocenters. The minimum Gasteiger partial charge on any atom is -0.332 e. The highest BCUT2D eigenvalue weighted by atomic mass is 32.2. The lowest BCUT2D eigenvalue weighted by molar-refractivity contribution is -0.133. The second kappa shape index (κ2) is 7.08. The van der Waals surface area contributed by atoms with E-state index in [4.69, 9.17) is 0 Å². The molecule has 2 aromatic rings. The van der Waals surface area contributed by atoms with Crippen LogP contribution in [0.1, 0.15) is 30.3 Å². The van der Waals surface area contributed by atoms with Gasteiger partial charge in [-0.15, -0.1) is 22.7 Å². The first-order chi connectivity index (χ1) is 11.1. The largest absolute Gasteiger partial charge is 0.332 e. The van der Waals surface area contributed by atoms with Crippen molar-refractivity contribution in [1.82, 2.24) is 14.6 Å². The smallest absolute Gasteiger partial charge is 0.250 e. The van der Waals surface area contributed by atoms with Gasteiger partial charge in [0, 0.05) is 18.1 Å². The van der Waals surface area contributed by atoms with Gasteiger partial charge in [-0.3, -0.25) is 4.79 Å². The van der Waals surface area contributed by atoms with E-state index in [2.05, 4.69) is 9.71 Å². The SMILES string of the molecule is O=C(CNS(=O)(=O)c1cccs1)N1CCCCC1c1nccs1. The number of amides is 1. The van der Waals surface area contributed by atoms with E-state index in [9.17, 15) is 13.2 Å². The van der Waals surface area contributed by atoms with Crippen molar-refractivity contribution in [2.24, 2.45) is 0 Å². The van der Waals surface area contributed by atoms with Crippen LogP contribution in [-0.4, -0.2) is 37.3 Å². The molecule has 1 N–H and O–H groups in total. The van der Waals surface area contributed by atoms with Gasteiger partial charge in [0.15, 0.2) is 0 Å². The number of carbonyl (C=O) groups is 1. The summed E-state index contributed by atoms with van der Waals surface area (Å²) < 4.78 is 26.8. The van der Waals surface area contributed by atoms with Gasteiger partial charge in [0.25, 0.3) is 10.0 Å². The highest BCUT2D eigenvalue weighted by molar-refractivity contribution is 7.91. The number of rotatable bonds is 5. The summed E-state index contributed by atoms with van der Waals surface area (Å²) in [5, 5.41) is 4.50. The molecular weight excluding hydrogens is 354 g/mol. The predicted octanol–water partition coefficient (Wildman–Crippen LogP) is 2.24. The van der Waals surface area contributed by atoms with Gasteiger partial charge in [-0.25, -0.2) is 18.1 Å². The zero-order chi connectivity index (χ0) is 16.3. The van der Waals surface area contributed by atoms with Crippen molar-refractivity contribution in [3.05, 3.63) is 34.1 Å². The second-order valence-corrected chi connectivity index (χ2v) is 9.09. The van der Waals surface area contributed by atoms with Crippen molar-refractivity contribution >= 4 is 38.6 Å². The van der Waals surface area contributed by atoms with E-state index in [1.54, 1.807) is 22.5 Å². The van der Waals surface area contributed by atoms with E-state index in [0.717, 1.165) is 35.6 Å². The zero-order valence-electron chi connectivity index (χ0n) is 12.3. The number of sulfonamides is 1. The van der Waals surface area contributed by atoms with Gasteiger partial charge in [0.05, 0.1) is 12.6 Å². The van der Waals surface area contributed by atoms with Crippen LogP contribution in [0.2, 0.25) is 0 Å². The number of nitrogens with one attached hydrogen (secondary N) is 1. The van der Waals surface area contributed by atoms with Crippen LogP contribution in [0, 0.1) is 0 Å². The van der Waals surface area contributed by atoms with E-state index in [1.165, 1.54) is 17.4 Å². The standard InChI is InChI=1S/C14H17N3O3S3/c18-12(10-16-23(19,20)13-5-3-8-21-13)17-7-2-1-4-11(17)14-15-6-9-22-14/h3,5-6,8-9,11,16H,1-2,4,7,10H2. The molecule has 9 heteroatoms. The predicted molar refractivity (Wildman–Crippen MR) is 89.9 cm³/mol. The second-order valence-electron chi connectivity index (χ2n) is 5.23. The van der Waals surface area contributed by atoms with Crippen molar-refractivity contribution in [2.45, 2.75) is 29.5 Å². The molecule has 1 atom stereocenters. The molecule has 124 valence electrons. The summed E-state index contributed by atoms with van der Waals surface area (Å²) in [6.45, 7) is 0.423. The van der Waals surface area contributed by atoms with Crippen molar-refractivity contribution in [1.29, 1.82) is 0 Å². The fourth-order valence-corrected chi connectivity index (χ4v) is 5.43. The summed E-state index contributed by atoms with van der Waals surface area (Å²) in [5.41, 5.74) is 0. The molecule has 1 amide bonds. The summed E-state index contributed by atoms with van der Waals surface area (Å²) >= 11 is 2.66. The molecular formula is C14H17N3O3S3. The Bertz CT molecular complexity index is 742. The molecule has 23 heavy (non-hydrogen) atoms. The third kappa shape index (κ3) is 3.79. The molecule has 1 saturated heterocycles. The molecule has 1 fully saturated rings. The Balaban J connectivity index is 1.67. The number of carbonyl (C=O) groups excluding carboxylic acids is 1. The van der Waals surface area contributed by atoms with E-state index in [-0.39, 0.29) is 22.7 Å². The van der Waals surface area contributed by atoms with Gasteiger partial charge < -0.3 is 4.90 Å². The topological polar surface area (TPSA) is 79.4 Å². The minimum atomic E-state index is -3.61. The summed E-state index contributed by atoms with van der Waals surface area (Å²) in [4.78, 5) is 18.6. The fraction of sp³-hybridized carbons (Fsp3) is 0.429. The molecule has 1 aliphatic heterocycles. The van der Waals surface area contributed by atoms with Crippen molar-refractivity contribution < 1.29 is 13.2 Å². The Labute approximate surface area is 143 Å². The number of hydrogen-bond acceptors (Lipinski definition) is 6. The van der Waals surface area contributed by atoms with Gasteiger partial charge in [0.1, 0.15) is 9.22 Å². The molecule has 2 aromatic heterocycles. The van der Waals surface area contributed by atoms with Crippen LogP contribution in [-0.2, 0) is 14.8 Å². The maximum absolute atomic E-state index is 12.5. The lowest BCUT2D eigenvalue weighted by Crippen LogP contribution is -2.44. The summed E-state index contributed by atoms with van der Waals surface area (Å²) in [5.74, 6) is -0.204. The lowest BCUT2D eigenvalue weighted by Gasteiger charge is -2.34. The molecule has 3 rings (SSSR count). The number of aromatic nitrogens is 1. The summed E-state index contributed by atoms with van der Waals surface area (Å²) in [6.07, 6.45) is 4.59. The van der Waals surface area contributed by atoms with Gasteiger partial charge in [0.2, 0.25) is 5.91 Å². The monoisotopic (exact) mass is 371 g/mol. The quantitative estimate of drug-likeness (QED) is 0.874. The lowest BCUT2D eigenvalue weighted by atomic mass is 10.0. The van der Waals surface area contributed by atoms with E-state index < -0.39 is 10.0 Å². The maximum atomic E-state index is 12.5. The van der Waals surface area contributed by atoms with Crippen molar-refractivity contribution in [3.8, 4) is 0 Å². The third-order valence-corrected chi connectivity index (χ3v) is 7.41. The molecule has 3 heterocycles. The van der Waals surface area contributed by atoms with Crippen LogP contribution in [0.15, 0.2) is 33.3 Å². The number of piperidine rings is 1. The number of nitrogens with zero attached hydrogens (tertiary/aromatic N) is 2. The van der Waals surface area contributed by atoms with Crippen LogP contribution >= 0.6 is 22.7 Å². The van der Waals surface area contributed by atoms with Crippen molar-refractivity contribution in [2.75, 3.05) is 13.1 Å². The molecule has 0 bridgehead atoms. The molecule has 0 saturated carbocycles. The first-order valence-corrected chi connectivity index (χ1v) is 10.5. The molecule has 6 nitrogen and oxygen atoms in total. The summed E-state index contributed by atoms with van der Waals surface area (Å²) in [6, 6.07) is 3.16. The van der Waals surface area contributed by atoms with Gasteiger partial charge in [-0.2, -0.15) is 0 Å². The highest BCUT2D eigenvalue weighted by Gasteiger charge is 2.30. The Morgan fingerprint density at radius 3 is 2.91 bits per heavy atom. The number of hydrogen-bond donors (Lipinski definition) is 1. The van der Waals surface area contributed by atoms with Crippen molar-refractivity contribution in [3.63, 3.8) is 0 Å². The van der Waals surface area contributed by atoms with Crippen LogP contribution < -0.4 is 4.72 Å². The molecule has 0 aliphatic carbocycles. The average Bonchev–Trinajstić information content (AvgIpc) is 3.25. The minimum absolute atomic E-state index is 0.0394. The van der Waals surface area contributed by atoms with E-state index >= 15 is 0 Å². The normalized spacial score (nSPS) is 19.0. The Morgan fingerprint density at radius 1 is 1.35 bits per heavy atom. The zero-order valence-corrected chi connectivity index (χ0v) is 14.8. The molecule has 0 spiro atoms. The summed E-state index contributed by atoms with van der Waals surface area (Å²) in [7, 11) is -3.61. The average molecular weight is 372 g/mol. The first kappa shape index (κ1) is 16.6. The van der Waals surface area contributed by atoms with E-state index in [1.807, 2.05) is 5.38 Å². The highest BCUT2D eigenvalue weighted by Crippen LogP contribution is 2.31. The fourth-order valence-electron chi connectivity index (χ4n) is 2.63. The van der Waals surface area contributed by atoms with Crippen LogP contribution in [0.25, 0.3) is 0 Å². The van der Waals surface area contributed by atoms with E-state index in [0.29, 0.717) is 6.54 Å². The molecule has 0 radical (unpaired) electrons. The van der Waals surface area contributed by atoms with Crippen LogP contribution in [0.3, 0.4) is 0 Å². The number of thiophene rings is 1. The first-order valence-electron chi connectivity index (χ1n) is 7.30. The number of likely N-dealkylation sites (tertiary alicyclic amines) is 1. The van der Waals surface area contributed by atoms with Crippen LogP contribution in [0.5, 0.6) is 0 Å². The Morgan fingerprint density at radius 2 is 2.22 bits per heavy atom. The van der Waals surface area contributed by atoms with Gasteiger partial charge >= 0.3 is 0 Å². The maximum Gasteiger partial charge on any atom is 0.250 e.